The van der Waals surface area contributed by atoms with Crippen molar-refractivity contribution in [3.8, 4) is 6.07 Å². The first kappa shape index (κ1) is 17.9. The van der Waals surface area contributed by atoms with Crippen LogP contribution in [-0.4, -0.2) is 16.1 Å². The van der Waals surface area contributed by atoms with E-state index in [1.807, 2.05) is 48.5 Å². The number of benzene rings is 2. The van der Waals surface area contributed by atoms with Gasteiger partial charge in [0.05, 0.1) is 11.6 Å². The molecule has 26 heavy (non-hydrogen) atoms. The number of thioether (sulfide) groups is 1. The molecular formula is C18H15N5OS2. The number of hydrogen-bond acceptors (Lipinski definition) is 7. The van der Waals surface area contributed by atoms with Crippen molar-refractivity contribution in [2.45, 2.75) is 17.0 Å². The standard InChI is InChI=1S/C18H15N5OS2/c1-12(24)20-15-7-4-8-16(9-15)21-17-22-23-18(26-17)25-11-14-6-3-2-5-13(14)10-19/h2-9H,11H2,1H3,(H,20,24)(H,21,22). The van der Waals surface area contributed by atoms with Crippen LogP contribution in [0.4, 0.5) is 16.5 Å². The van der Waals surface area contributed by atoms with Crippen molar-refractivity contribution in [2.75, 3.05) is 10.6 Å². The van der Waals surface area contributed by atoms with E-state index in [9.17, 15) is 4.79 Å². The van der Waals surface area contributed by atoms with Gasteiger partial charge in [-0.15, -0.1) is 10.2 Å². The lowest BCUT2D eigenvalue weighted by atomic mass is 10.1. The van der Waals surface area contributed by atoms with Gasteiger partial charge in [0.25, 0.3) is 0 Å². The largest absolute Gasteiger partial charge is 0.330 e. The van der Waals surface area contributed by atoms with Crippen molar-refractivity contribution < 1.29 is 4.79 Å². The van der Waals surface area contributed by atoms with Crippen LogP contribution < -0.4 is 10.6 Å². The quantitative estimate of drug-likeness (QED) is 0.615. The molecule has 3 rings (SSSR count). The molecule has 0 saturated carbocycles. The second-order valence-corrected chi connectivity index (χ2v) is 7.52. The molecule has 0 spiro atoms. The summed E-state index contributed by atoms with van der Waals surface area (Å²) in [4.78, 5) is 11.1. The number of amides is 1. The van der Waals surface area contributed by atoms with Gasteiger partial charge in [-0.05, 0) is 29.8 Å². The van der Waals surface area contributed by atoms with Gasteiger partial charge >= 0.3 is 0 Å². The van der Waals surface area contributed by atoms with Crippen LogP contribution in [0.5, 0.6) is 0 Å². The summed E-state index contributed by atoms with van der Waals surface area (Å²) in [6, 6.07) is 17.1. The maximum absolute atomic E-state index is 11.1. The van der Waals surface area contributed by atoms with Crippen LogP contribution in [0, 0.1) is 11.3 Å². The van der Waals surface area contributed by atoms with E-state index in [0.717, 1.165) is 21.3 Å². The lowest BCUT2D eigenvalue weighted by molar-refractivity contribution is -0.114. The molecule has 3 aromatic rings. The Kier molecular flexibility index (Phi) is 5.84. The average Bonchev–Trinajstić information content (AvgIpc) is 3.07. The summed E-state index contributed by atoms with van der Waals surface area (Å²) in [5, 5.41) is 24.0. The van der Waals surface area contributed by atoms with Crippen molar-refractivity contribution in [1.29, 1.82) is 5.26 Å². The summed E-state index contributed by atoms with van der Waals surface area (Å²) < 4.78 is 0.818. The van der Waals surface area contributed by atoms with E-state index in [1.54, 1.807) is 11.8 Å². The van der Waals surface area contributed by atoms with Crippen LogP contribution in [0.3, 0.4) is 0 Å². The van der Waals surface area contributed by atoms with E-state index < -0.39 is 0 Å². The van der Waals surface area contributed by atoms with Gasteiger partial charge < -0.3 is 10.6 Å². The van der Waals surface area contributed by atoms with Crippen molar-refractivity contribution in [2.24, 2.45) is 0 Å². The molecule has 0 bridgehead atoms. The van der Waals surface area contributed by atoms with Gasteiger partial charge in [-0.3, -0.25) is 4.79 Å². The predicted molar refractivity (Wildman–Crippen MR) is 105 cm³/mol. The molecule has 130 valence electrons. The minimum Gasteiger partial charge on any atom is -0.330 e. The maximum atomic E-state index is 11.1. The monoisotopic (exact) mass is 381 g/mol. The molecular weight excluding hydrogens is 366 g/mol. The van der Waals surface area contributed by atoms with Crippen molar-refractivity contribution in [3.05, 3.63) is 59.7 Å². The number of nitrogens with one attached hydrogen (secondary N) is 2. The van der Waals surface area contributed by atoms with Gasteiger partial charge in [-0.2, -0.15) is 5.26 Å². The third kappa shape index (κ3) is 4.81. The molecule has 0 aliphatic carbocycles. The van der Waals surface area contributed by atoms with E-state index >= 15 is 0 Å². The first-order chi connectivity index (χ1) is 12.6. The Morgan fingerprint density at radius 2 is 2.00 bits per heavy atom. The fraction of sp³-hybridized carbons (Fsp3) is 0.111. The van der Waals surface area contributed by atoms with Gasteiger partial charge in [0.15, 0.2) is 4.34 Å². The zero-order chi connectivity index (χ0) is 18.4. The maximum Gasteiger partial charge on any atom is 0.221 e. The first-order valence-electron chi connectivity index (χ1n) is 7.73. The lowest BCUT2D eigenvalue weighted by Gasteiger charge is -2.05. The molecule has 0 fully saturated rings. The number of hydrogen-bond donors (Lipinski definition) is 2. The number of nitrogens with zero attached hydrogens (tertiary/aromatic N) is 3. The summed E-state index contributed by atoms with van der Waals surface area (Å²) in [5.41, 5.74) is 3.19. The smallest absolute Gasteiger partial charge is 0.221 e. The second-order valence-electron chi connectivity index (χ2n) is 5.32. The number of carbonyl (C=O) groups is 1. The number of nitriles is 1. The highest BCUT2D eigenvalue weighted by Gasteiger charge is 2.08. The van der Waals surface area contributed by atoms with Crippen LogP contribution in [0.1, 0.15) is 18.1 Å². The lowest BCUT2D eigenvalue weighted by Crippen LogP contribution is -2.05. The van der Waals surface area contributed by atoms with Crippen LogP contribution in [0.2, 0.25) is 0 Å². The van der Waals surface area contributed by atoms with E-state index in [4.69, 9.17) is 5.26 Å². The third-order valence-electron chi connectivity index (χ3n) is 3.33. The summed E-state index contributed by atoms with van der Waals surface area (Å²) in [5.74, 6) is 0.547. The first-order valence-corrected chi connectivity index (χ1v) is 9.53. The van der Waals surface area contributed by atoms with Crippen molar-refractivity contribution in [3.63, 3.8) is 0 Å². The molecule has 0 radical (unpaired) electrons. The predicted octanol–water partition coefficient (Wildman–Crippen LogP) is 4.40. The van der Waals surface area contributed by atoms with E-state index in [2.05, 4.69) is 26.9 Å². The Morgan fingerprint density at radius 3 is 2.81 bits per heavy atom. The highest BCUT2D eigenvalue weighted by Crippen LogP contribution is 2.31. The Morgan fingerprint density at radius 1 is 1.19 bits per heavy atom. The summed E-state index contributed by atoms with van der Waals surface area (Å²) in [6.45, 7) is 1.47. The SMILES string of the molecule is CC(=O)Nc1cccc(Nc2nnc(SCc3ccccc3C#N)s2)c1. The molecule has 1 aromatic heterocycles. The van der Waals surface area contributed by atoms with Gasteiger partial charge in [0.2, 0.25) is 11.0 Å². The molecule has 6 nitrogen and oxygen atoms in total. The van der Waals surface area contributed by atoms with Crippen LogP contribution in [0.25, 0.3) is 0 Å². The van der Waals surface area contributed by atoms with Gasteiger partial charge in [-0.25, -0.2) is 0 Å². The highest BCUT2D eigenvalue weighted by molar-refractivity contribution is 8.00. The number of carbonyl (C=O) groups excluding carboxylic acids is 1. The van der Waals surface area contributed by atoms with Crippen LogP contribution in [-0.2, 0) is 10.5 Å². The molecule has 0 unspecified atom stereocenters. The van der Waals surface area contributed by atoms with E-state index in [-0.39, 0.29) is 5.91 Å². The molecule has 2 N–H and O–H groups in total. The second kappa shape index (κ2) is 8.47. The van der Waals surface area contributed by atoms with Crippen molar-refractivity contribution >= 4 is 45.5 Å². The third-order valence-corrected chi connectivity index (χ3v) is 5.35. The number of rotatable bonds is 6. The van der Waals surface area contributed by atoms with E-state index in [1.165, 1.54) is 18.3 Å². The minimum absolute atomic E-state index is 0.116. The normalized spacial score (nSPS) is 10.2. The average molecular weight is 381 g/mol. The zero-order valence-corrected chi connectivity index (χ0v) is 15.5. The molecule has 0 aliphatic heterocycles. The van der Waals surface area contributed by atoms with Crippen LogP contribution >= 0.6 is 23.1 Å². The number of anilines is 3. The fourth-order valence-corrected chi connectivity index (χ4v) is 3.99. The zero-order valence-electron chi connectivity index (χ0n) is 13.9. The molecule has 0 aliphatic rings. The van der Waals surface area contributed by atoms with Crippen molar-refractivity contribution in [1.82, 2.24) is 10.2 Å². The van der Waals surface area contributed by atoms with Gasteiger partial charge in [-0.1, -0.05) is 47.4 Å². The molecule has 0 saturated heterocycles. The minimum atomic E-state index is -0.116. The van der Waals surface area contributed by atoms with E-state index in [0.29, 0.717) is 16.4 Å². The fourth-order valence-electron chi connectivity index (χ4n) is 2.21. The Balaban J connectivity index is 1.63. The highest BCUT2D eigenvalue weighted by atomic mass is 32.2. The van der Waals surface area contributed by atoms with Gasteiger partial charge in [0.1, 0.15) is 0 Å². The summed E-state index contributed by atoms with van der Waals surface area (Å²) in [7, 11) is 0. The Hall–Kier alpha value is -2.89. The number of aromatic nitrogens is 2. The van der Waals surface area contributed by atoms with Gasteiger partial charge in [0, 0.05) is 24.1 Å². The molecule has 1 amide bonds. The Bertz CT molecular complexity index is 964. The summed E-state index contributed by atoms with van der Waals surface area (Å²) in [6.07, 6.45) is 0. The molecule has 8 heteroatoms. The summed E-state index contributed by atoms with van der Waals surface area (Å²) >= 11 is 2.98. The molecule has 0 atom stereocenters. The topological polar surface area (TPSA) is 90.7 Å². The molecule has 1 heterocycles. The molecule has 2 aromatic carbocycles. The van der Waals surface area contributed by atoms with Crippen LogP contribution in [0.15, 0.2) is 52.9 Å². The Labute approximate surface area is 159 Å².